The molecule has 0 amide bonds. The van der Waals surface area contributed by atoms with Crippen molar-refractivity contribution in [3.63, 3.8) is 0 Å². The largest absolute Gasteiger partial charge is 0.309 e. The summed E-state index contributed by atoms with van der Waals surface area (Å²) in [5.41, 5.74) is 12.3. The summed E-state index contributed by atoms with van der Waals surface area (Å²) in [6, 6.07) is 54.8. The summed E-state index contributed by atoms with van der Waals surface area (Å²) in [6.07, 6.45) is 0. The van der Waals surface area contributed by atoms with Gasteiger partial charge >= 0.3 is 0 Å². The van der Waals surface area contributed by atoms with Gasteiger partial charge in [-0.3, -0.25) is 0 Å². The van der Waals surface area contributed by atoms with Crippen molar-refractivity contribution in [2.45, 2.75) is 6.92 Å². The van der Waals surface area contributed by atoms with E-state index in [-0.39, 0.29) is 33.8 Å². The molecule has 10 rings (SSSR count). The highest BCUT2D eigenvalue weighted by Gasteiger charge is 2.24. The number of hydrogen-bond donors (Lipinski definition) is 0. The highest BCUT2D eigenvalue weighted by atomic mass is 15.0. The van der Waals surface area contributed by atoms with Crippen LogP contribution in [0.15, 0.2) is 146 Å². The van der Waals surface area contributed by atoms with Gasteiger partial charge in [-0.2, -0.15) is 21.0 Å². The molecule has 0 radical (unpaired) electrons. The fourth-order valence-electron chi connectivity index (χ4n) is 9.27. The highest BCUT2D eigenvalue weighted by Crippen LogP contribution is 2.45. The number of nitriles is 4. The normalized spacial score (nSPS) is 10.7. The molecule has 0 atom stereocenters. The molecule has 0 aliphatic carbocycles. The van der Waals surface area contributed by atoms with Crippen molar-refractivity contribution in [1.82, 2.24) is 9.13 Å². The Morgan fingerprint density at radius 2 is 1.02 bits per heavy atom. The van der Waals surface area contributed by atoms with Gasteiger partial charge in [0.25, 0.3) is 0 Å². The number of nitrogens with zero attached hydrogens (tertiary/aromatic N) is 9. The lowest BCUT2D eigenvalue weighted by Gasteiger charge is -2.20. The number of fused-ring (bicyclic) bond motifs is 6. The van der Waals surface area contributed by atoms with Gasteiger partial charge in [0.05, 0.1) is 88.6 Å². The van der Waals surface area contributed by atoms with E-state index < -0.39 is 0 Å². The summed E-state index contributed by atoms with van der Waals surface area (Å²) in [7, 11) is 0. The monoisotopic (exact) mass is 825 g/mol. The second-order valence-corrected chi connectivity index (χ2v) is 15.5. The predicted octanol–water partition coefficient (Wildman–Crippen LogP) is 14.3. The lowest BCUT2D eigenvalue weighted by atomic mass is 9.95. The van der Waals surface area contributed by atoms with Crippen LogP contribution in [0.25, 0.3) is 103 Å². The van der Waals surface area contributed by atoms with E-state index in [9.17, 15) is 21.0 Å². The van der Waals surface area contributed by atoms with Gasteiger partial charge in [-0.05, 0) is 96.4 Å². The predicted molar refractivity (Wildman–Crippen MR) is 254 cm³/mol. The number of hydrogen-bond acceptors (Lipinski definition) is 4. The molecule has 10 aromatic rings. The van der Waals surface area contributed by atoms with Crippen molar-refractivity contribution in [3.05, 3.63) is 208 Å². The number of aromatic nitrogens is 2. The molecule has 0 fully saturated rings. The zero-order valence-corrected chi connectivity index (χ0v) is 34.4. The smallest absolute Gasteiger partial charge is 0.197 e. The molecule has 0 saturated heterocycles. The maximum atomic E-state index is 10.4. The van der Waals surface area contributed by atoms with Gasteiger partial charge in [-0.15, -0.1) is 0 Å². The minimum Gasteiger partial charge on any atom is -0.309 e. The van der Waals surface area contributed by atoms with E-state index >= 15 is 0 Å². The standard InChI is InChI=1S/C56H27N9/c1-33-10-9-13-43(56(33)65-50-15-8-6-12-42(50)46-27-36(18-21-53(46)65)54-38(31-59)22-35(30-58)24-47(54)62-3)44-23-34(29-57)16-19-51(44)64-49-14-7-5-11-41(49)45-26-37(17-20-52(45)64)55-39(32-60)25-40(61-2)28-48(55)63-4/h5-28H,1H3. The molecule has 9 heteroatoms. The van der Waals surface area contributed by atoms with Crippen LogP contribution in [0.3, 0.4) is 0 Å². The summed E-state index contributed by atoms with van der Waals surface area (Å²) >= 11 is 0. The Bertz CT molecular complexity index is 3990. The van der Waals surface area contributed by atoms with Crippen molar-refractivity contribution in [1.29, 1.82) is 21.0 Å². The minimum atomic E-state index is 0.228. The molecule has 0 spiro atoms. The molecule has 0 aliphatic rings. The van der Waals surface area contributed by atoms with Crippen LogP contribution in [0.2, 0.25) is 0 Å². The van der Waals surface area contributed by atoms with Gasteiger partial charge in [-0.25, -0.2) is 14.5 Å². The topological polar surface area (TPSA) is 118 Å². The molecular weight excluding hydrogens is 799 g/mol. The van der Waals surface area contributed by atoms with Crippen molar-refractivity contribution in [2.24, 2.45) is 0 Å². The maximum absolute atomic E-state index is 10.4. The quantitative estimate of drug-likeness (QED) is 0.161. The van der Waals surface area contributed by atoms with Gasteiger partial charge in [0, 0.05) is 54.9 Å². The second kappa shape index (κ2) is 15.4. The highest BCUT2D eigenvalue weighted by molar-refractivity contribution is 6.13. The molecule has 0 N–H and O–H groups in total. The first kappa shape index (κ1) is 39.0. The van der Waals surface area contributed by atoms with Crippen LogP contribution < -0.4 is 0 Å². The number of benzene rings is 8. The Balaban J connectivity index is 1.23. The lowest BCUT2D eigenvalue weighted by Crippen LogP contribution is -2.03. The Morgan fingerprint density at radius 3 is 1.62 bits per heavy atom. The van der Waals surface area contributed by atoms with E-state index in [1.54, 1.807) is 0 Å². The minimum absolute atomic E-state index is 0.228. The van der Waals surface area contributed by atoms with Crippen molar-refractivity contribution in [2.75, 3.05) is 0 Å². The first-order valence-corrected chi connectivity index (χ1v) is 20.2. The fraction of sp³-hybridized carbons (Fsp3) is 0.0179. The van der Waals surface area contributed by atoms with Gasteiger partial charge in [-0.1, -0.05) is 72.8 Å². The summed E-state index contributed by atoms with van der Waals surface area (Å²) in [5.74, 6) is 0. The van der Waals surface area contributed by atoms with Gasteiger partial charge < -0.3 is 9.13 Å². The maximum Gasteiger partial charge on any atom is 0.197 e. The van der Waals surface area contributed by atoms with Crippen LogP contribution in [-0.4, -0.2) is 9.13 Å². The van der Waals surface area contributed by atoms with Crippen LogP contribution in [0.5, 0.6) is 0 Å². The molecule has 2 aromatic heterocycles. The molecule has 65 heavy (non-hydrogen) atoms. The average molecular weight is 826 g/mol. The van der Waals surface area contributed by atoms with Crippen LogP contribution in [0.1, 0.15) is 27.8 Å². The Labute approximate surface area is 373 Å². The van der Waals surface area contributed by atoms with E-state index in [4.69, 9.17) is 19.7 Å². The van der Waals surface area contributed by atoms with Crippen LogP contribution in [0.4, 0.5) is 17.1 Å². The number of para-hydroxylation sites is 3. The molecule has 0 aliphatic heterocycles. The molecule has 0 saturated carbocycles. The van der Waals surface area contributed by atoms with E-state index in [1.165, 1.54) is 24.3 Å². The second-order valence-electron chi connectivity index (χ2n) is 15.5. The van der Waals surface area contributed by atoms with Crippen LogP contribution >= 0.6 is 0 Å². The molecule has 2 heterocycles. The Morgan fingerprint density at radius 1 is 0.446 bits per heavy atom. The zero-order chi connectivity index (χ0) is 44.9. The molecule has 9 nitrogen and oxygen atoms in total. The molecule has 0 bridgehead atoms. The third-order valence-electron chi connectivity index (χ3n) is 12.0. The summed E-state index contributed by atoms with van der Waals surface area (Å²) in [5, 5.41) is 44.0. The van der Waals surface area contributed by atoms with Gasteiger partial charge in [0.15, 0.2) is 17.1 Å². The number of rotatable bonds is 5. The third kappa shape index (κ3) is 6.02. The van der Waals surface area contributed by atoms with Crippen LogP contribution in [-0.2, 0) is 0 Å². The lowest BCUT2D eigenvalue weighted by molar-refractivity contribution is 1.14. The molecule has 8 aromatic carbocycles. The summed E-state index contributed by atoms with van der Waals surface area (Å²) < 4.78 is 4.43. The summed E-state index contributed by atoms with van der Waals surface area (Å²) in [6.45, 7) is 25.5. The van der Waals surface area contributed by atoms with E-state index in [1.807, 2.05) is 91.0 Å². The van der Waals surface area contributed by atoms with Crippen molar-refractivity contribution < 1.29 is 0 Å². The first-order valence-electron chi connectivity index (χ1n) is 20.2. The van der Waals surface area contributed by atoms with Gasteiger partial charge in [0.1, 0.15) is 0 Å². The van der Waals surface area contributed by atoms with E-state index in [0.29, 0.717) is 27.8 Å². The van der Waals surface area contributed by atoms with Crippen molar-refractivity contribution >= 4 is 60.7 Å². The third-order valence-corrected chi connectivity index (χ3v) is 12.0. The molecular formula is C56H27N9. The van der Waals surface area contributed by atoms with Crippen molar-refractivity contribution in [3.8, 4) is 69.0 Å². The van der Waals surface area contributed by atoms with Gasteiger partial charge in [0.2, 0.25) is 0 Å². The first-order chi connectivity index (χ1) is 31.8. The van der Waals surface area contributed by atoms with Crippen LogP contribution in [0, 0.1) is 72.0 Å². The zero-order valence-electron chi connectivity index (χ0n) is 34.4. The number of aryl methyl sites for hydroxylation is 1. The SMILES string of the molecule is [C-]#[N+]c1cc(C#N)c(-c2ccc3c(c2)c2ccccc2n3-c2ccc(C#N)cc2-c2cccc(C)c2-n2c3ccccc3c3cc(-c4c(C#N)cc(C#N)cc4[N+]#[C-])ccc32)c([N+]#[C-])c1. The average Bonchev–Trinajstić information content (AvgIpc) is 3.86. The van der Waals surface area contributed by atoms with E-state index in [0.717, 1.165) is 71.7 Å². The summed E-state index contributed by atoms with van der Waals surface area (Å²) in [4.78, 5) is 10.9. The Hall–Kier alpha value is -10.2. The van der Waals surface area contributed by atoms with E-state index in [2.05, 4.69) is 85.2 Å². The molecule has 296 valence electrons. The fourth-order valence-corrected chi connectivity index (χ4v) is 9.27. The Kier molecular flexibility index (Phi) is 9.21. The molecule has 0 unspecified atom stereocenters.